The van der Waals surface area contributed by atoms with Gasteiger partial charge in [0.25, 0.3) is 6.47 Å². The number of carbonyl (C=O) groups is 3. The Morgan fingerprint density at radius 2 is 1.82 bits per heavy atom. The molecule has 0 unspecified atom stereocenters. The standard InChI is InChI=1S/C23H37N5O2.CH2O2/c1-17(2)26-22(29)12-20-6-7-21(28(20)15-18-4-5-18)13-25-23(30)16-27(3)14-19-8-10-24-11-9-19;2-1-3/h8-11,17-18,20-21H,4-7,12-16H2,1-3H3,(H,25,30)(H,26,29);1H,(H,2,3)/t20-,21+;/m1./s1. The van der Waals surface area contributed by atoms with Crippen LogP contribution in [0.5, 0.6) is 0 Å². The van der Waals surface area contributed by atoms with Crippen LogP contribution in [0.3, 0.4) is 0 Å². The van der Waals surface area contributed by atoms with E-state index in [1.54, 1.807) is 12.4 Å². The zero-order valence-electron chi connectivity index (χ0n) is 20.1. The summed E-state index contributed by atoms with van der Waals surface area (Å²) in [5.74, 6) is 0.959. The SMILES string of the molecule is CC(C)NC(=O)C[C@H]1CC[C@@H](CNC(=O)CN(C)Cc2ccncc2)N1CC1CC1.O=CO. The Labute approximate surface area is 196 Å². The van der Waals surface area contributed by atoms with Crippen molar-refractivity contribution in [3.8, 4) is 0 Å². The summed E-state index contributed by atoms with van der Waals surface area (Å²) in [6.07, 6.45) is 8.76. The average Bonchev–Trinajstić information content (AvgIpc) is 3.49. The summed E-state index contributed by atoms with van der Waals surface area (Å²) in [6, 6.07) is 4.74. The number of nitrogens with one attached hydrogen (secondary N) is 2. The molecular weight excluding hydrogens is 422 g/mol. The van der Waals surface area contributed by atoms with Crippen molar-refractivity contribution in [1.29, 1.82) is 0 Å². The second-order valence-electron chi connectivity index (χ2n) is 9.39. The van der Waals surface area contributed by atoms with E-state index >= 15 is 0 Å². The van der Waals surface area contributed by atoms with Crippen LogP contribution in [0.4, 0.5) is 0 Å². The van der Waals surface area contributed by atoms with Gasteiger partial charge in [-0.25, -0.2) is 0 Å². The molecule has 9 heteroatoms. The topological polar surface area (TPSA) is 115 Å². The number of nitrogens with zero attached hydrogens (tertiary/aromatic N) is 3. The Morgan fingerprint density at radius 3 is 2.42 bits per heavy atom. The Balaban J connectivity index is 0.00000122. The van der Waals surface area contributed by atoms with Crippen LogP contribution in [0.2, 0.25) is 0 Å². The molecule has 3 rings (SSSR count). The van der Waals surface area contributed by atoms with Crippen molar-refractivity contribution < 1.29 is 19.5 Å². The fourth-order valence-corrected chi connectivity index (χ4v) is 4.33. The van der Waals surface area contributed by atoms with Gasteiger partial charge in [-0.15, -0.1) is 0 Å². The number of pyridine rings is 1. The van der Waals surface area contributed by atoms with Gasteiger partial charge in [0.15, 0.2) is 0 Å². The summed E-state index contributed by atoms with van der Waals surface area (Å²) in [7, 11) is 1.96. The van der Waals surface area contributed by atoms with Gasteiger partial charge in [0.05, 0.1) is 6.54 Å². The summed E-state index contributed by atoms with van der Waals surface area (Å²) in [4.78, 5) is 41.7. The lowest BCUT2D eigenvalue weighted by atomic mass is 10.1. The van der Waals surface area contributed by atoms with E-state index in [1.807, 2.05) is 37.9 Å². The average molecular weight is 462 g/mol. The number of aromatic nitrogens is 1. The van der Waals surface area contributed by atoms with E-state index in [9.17, 15) is 9.59 Å². The third-order valence-corrected chi connectivity index (χ3v) is 5.96. The highest BCUT2D eigenvalue weighted by molar-refractivity contribution is 5.78. The van der Waals surface area contributed by atoms with Crippen LogP contribution in [-0.4, -0.2) is 83.0 Å². The molecule has 2 fully saturated rings. The zero-order chi connectivity index (χ0) is 24.2. The van der Waals surface area contributed by atoms with Gasteiger partial charge in [0, 0.05) is 56.6 Å². The molecule has 2 heterocycles. The third kappa shape index (κ3) is 10.3. The molecule has 1 aliphatic carbocycles. The van der Waals surface area contributed by atoms with Crippen molar-refractivity contribution in [3.05, 3.63) is 30.1 Å². The van der Waals surface area contributed by atoms with E-state index in [2.05, 4.69) is 20.5 Å². The largest absolute Gasteiger partial charge is 0.483 e. The number of likely N-dealkylation sites (N-methyl/N-ethyl adjacent to an activating group) is 1. The number of amides is 2. The molecule has 33 heavy (non-hydrogen) atoms. The molecule has 2 amide bonds. The lowest BCUT2D eigenvalue weighted by Crippen LogP contribution is -2.47. The number of rotatable bonds is 11. The predicted molar refractivity (Wildman–Crippen MR) is 126 cm³/mol. The molecule has 0 bridgehead atoms. The van der Waals surface area contributed by atoms with Crippen LogP contribution in [0.15, 0.2) is 24.5 Å². The minimum Gasteiger partial charge on any atom is -0.483 e. The lowest BCUT2D eigenvalue weighted by Gasteiger charge is -2.30. The van der Waals surface area contributed by atoms with Crippen molar-refractivity contribution in [2.24, 2.45) is 5.92 Å². The van der Waals surface area contributed by atoms with Crippen LogP contribution < -0.4 is 10.6 Å². The summed E-state index contributed by atoms with van der Waals surface area (Å²) in [6.45, 7) is 6.56. The van der Waals surface area contributed by atoms with Gasteiger partial charge in [-0.3, -0.25) is 29.2 Å². The van der Waals surface area contributed by atoms with E-state index in [1.165, 1.54) is 12.8 Å². The minimum absolute atomic E-state index is 0.0546. The smallest absolute Gasteiger partial charge is 0.290 e. The van der Waals surface area contributed by atoms with E-state index in [4.69, 9.17) is 9.90 Å². The van der Waals surface area contributed by atoms with Gasteiger partial charge in [-0.05, 0) is 70.2 Å². The summed E-state index contributed by atoms with van der Waals surface area (Å²) >= 11 is 0. The molecule has 1 saturated carbocycles. The first-order valence-corrected chi connectivity index (χ1v) is 11.8. The molecule has 1 aliphatic heterocycles. The van der Waals surface area contributed by atoms with Gasteiger partial charge in [-0.2, -0.15) is 0 Å². The summed E-state index contributed by atoms with van der Waals surface area (Å²) in [5, 5.41) is 13.0. The van der Waals surface area contributed by atoms with Crippen LogP contribution in [0, 0.1) is 5.92 Å². The maximum absolute atomic E-state index is 12.5. The number of carbonyl (C=O) groups excluding carboxylic acids is 2. The Bertz CT molecular complexity index is 742. The van der Waals surface area contributed by atoms with Crippen LogP contribution in [0.1, 0.15) is 51.5 Å². The Hall–Kier alpha value is -2.52. The molecule has 1 aromatic rings. The molecule has 1 saturated heterocycles. The highest BCUT2D eigenvalue weighted by Crippen LogP contribution is 2.35. The molecular formula is C24H39N5O4. The van der Waals surface area contributed by atoms with Crippen LogP contribution >= 0.6 is 0 Å². The number of likely N-dealkylation sites (tertiary alicyclic amines) is 1. The van der Waals surface area contributed by atoms with Crippen molar-refractivity contribution in [2.75, 3.05) is 26.7 Å². The second kappa shape index (κ2) is 13.9. The Morgan fingerprint density at radius 1 is 1.18 bits per heavy atom. The van der Waals surface area contributed by atoms with Crippen LogP contribution in [-0.2, 0) is 20.9 Å². The van der Waals surface area contributed by atoms with E-state index < -0.39 is 0 Å². The molecule has 2 atom stereocenters. The first kappa shape index (κ1) is 26.7. The quantitative estimate of drug-likeness (QED) is 0.428. The van der Waals surface area contributed by atoms with Crippen molar-refractivity contribution in [2.45, 2.75) is 70.6 Å². The third-order valence-electron chi connectivity index (χ3n) is 5.96. The summed E-state index contributed by atoms with van der Waals surface area (Å²) in [5.41, 5.74) is 1.15. The molecule has 0 spiro atoms. The fraction of sp³-hybridized carbons (Fsp3) is 0.667. The Kier molecular flexibility index (Phi) is 11.3. The first-order chi connectivity index (χ1) is 15.8. The number of carboxylic acid groups (broad SMARTS) is 1. The van der Waals surface area contributed by atoms with E-state index in [0.29, 0.717) is 31.6 Å². The van der Waals surface area contributed by atoms with Gasteiger partial charge >= 0.3 is 0 Å². The molecule has 9 nitrogen and oxygen atoms in total. The second-order valence-corrected chi connectivity index (χ2v) is 9.39. The minimum atomic E-state index is -0.250. The maximum Gasteiger partial charge on any atom is 0.290 e. The normalized spacial score (nSPS) is 20.3. The van der Waals surface area contributed by atoms with Crippen molar-refractivity contribution in [1.82, 2.24) is 25.4 Å². The van der Waals surface area contributed by atoms with Crippen molar-refractivity contribution >= 4 is 18.3 Å². The predicted octanol–water partition coefficient (Wildman–Crippen LogP) is 1.49. The zero-order valence-corrected chi connectivity index (χ0v) is 20.1. The lowest BCUT2D eigenvalue weighted by molar-refractivity contribution is -0.124. The van der Waals surface area contributed by atoms with Gasteiger partial charge in [-0.1, -0.05) is 0 Å². The highest BCUT2D eigenvalue weighted by atomic mass is 16.3. The highest BCUT2D eigenvalue weighted by Gasteiger charge is 2.38. The van der Waals surface area contributed by atoms with Gasteiger partial charge in [0.1, 0.15) is 0 Å². The molecule has 0 radical (unpaired) electrons. The molecule has 3 N–H and O–H groups in total. The van der Waals surface area contributed by atoms with E-state index in [0.717, 1.165) is 37.4 Å². The van der Waals surface area contributed by atoms with Gasteiger partial charge < -0.3 is 15.7 Å². The van der Waals surface area contributed by atoms with E-state index in [-0.39, 0.29) is 24.3 Å². The maximum atomic E-state index is 12.5. The first-order valence-electron chi connectivity index (χ1n) is 11.8. The van der Waals surface area contributed by atoms with Crippen LogP contribution in [0.25, 0.3) is 0 Å². The summed E-state index contributed by atoms with van der Waals surface area (Å²) < 4.78 is 0. The number of hydrogen-bond donors (Lipinski definition) is 3. The monoisotopic (exact) mass is 461 g/mol. The molecule has 184 valence electrons. The molecule has 0 aromatic carbocycles. The number of hydrogen-bond acceptors (Lipinski definition) is 6. The van der Waals surface area contributed by atoms with Crippen molar-refractivity contribution in [3.63, 3.8) is 0 Å². The fourth-order valence-electron chi connectivity index (χ4n) is 4.33. The van der Waals surface area contributed by atoms with Gasteiger partial charge in [0.2, 0.25) is 11.8 Å². The molecule has 1 aromatic heterocycles. The molecule has 2 aliphatic rings.